The fourth-order valence-corrected chi connectivity index (χ4v) is 3.63. The van der Waals surface area contributed by atoms with Crippen LogP contribution in [0.2, 0.25) is 0 Å². The third kappa shape index (κ3) is 4.01. The normalized spacial score (nSPS) is 11.6. The van der Waals surface area contributed by atoms with Crippen LogP contribution in [0.5, 0.6) is 0 Å². The Bertz CT molecular complexity index is 1500. The number of nitrogens with zero attached hydrogens (tertiary/aromatic N) is 5. The van der Waals surface area contributed by atoms with Gasteiger partial charge in [0, 0.05) is 36.8 Å². The van der Waals surface area contributed by atoms with Gasteiger partial charge in [-0.2, -0.15) is 18.3 Å². The summed E-state index contributed by atoms with van der Waals surface area (Å²) < 4.78 is 42.4. The number of imidazole rings is 1. The highest BCUT2D eigenvalue weighted by molar-refractivity contribution is 6.07. The predicted molar refractivity (Wildman–Crippen MR) is 120 cm³/mol. The number of amides is 1. The molecule has 10 heteroatoms. The van der Waals surface area contributed by atoms with Crippen LogP contribution in [-0.2, 0) is 13.2 Å². The van der Waals surface area contributed by atoms with E-state index in [4.69, 9.17) is 0 Å². The molecule has 0 fully saturated rings. The lowest BCUT2D eigenvalue weighted by molar-refractivity contribution is -0.141. The van der Waals surface area contributed by atoms with E-state index in [0.29, 0.717) is 11.3 Å². The van der Waals surface area contributed by atoms with Gasteiger partial charge in [0.05, 0.1) is 23.1 Å². The second kappa shape index (κ2) is 8.14. The van der Waals surface area contributed by atoms with Crippen molar-refractivity contribution in [2.45, 2.75) is 6.18 Å². The lowest BCUT2D eigenvalue weighted by Crippen LogP contribution is -2.17. The number of halogens is 3. The van der Waals surface area contributed by atoms with Crippen LogP contribution in [0, 0.1) is 0 Å². The van der Waals surface area contributed by atoms with Crippen molar-refractivity contribution in [1.29, 1.82) is 0 Å². The zero-order valence-electron chi connectivity index (χ0n) is 17.8. The number of nitrogens with one attached hydrogen (secondary N) is 1. The molecule has 0 radical (unpaired) electrons. The summed E-state index contributed by atoms with van der Waals surface area (Å²) in [5.74, 6) is -0.534. The minimum atomic E-state index is -4.60. The number of fused-ring (bicyclic) bond motifs is 1. The molecule has 0 spiro atoms. The summed E-state index contributed by atoms with van der Waals surface area (Å²) >= 11 is 0. The van der Waals surface area contributed by atoms with E-state index < -0.39 is 17.8 Å². The van der Waals surface area contributed by atoms with Gasteiger partial charge >= 0.3 is 6.18 Å². The Balaban J connectivity index is 1.45. The zero-order chi connectivity index (χ0) is 23.9. The molecule has 7 nitrogen and oxygen atoms in total. The highest BCUT2D eigenvalue weighted by Crippen LogP contribution is 2.30. The molecule has 0 bridgehead atoms. The van der Waals surface area contributed by atoms with Gasteiger partial charge in [-0.05, 0) is 18.2 Å². The van der Waals surface area contributed by atoms with Crippen molar-refractivity contribution in [3.8, 4) is 22.5 Å². The van der Waals surface area contributed by atoms with Crippen molar-refractivity contribution >= 4 is 17.2 Å². The van der Waals surface area contributed by atoms with Gasteiger partial charge in [0.15, 0.2) is 0 Å². The fourth-order valence-electron chi connectivity index (χ4n) is 3.63. The van der Waals surface area contributed by atoms with E-state index in [1.54, 1.807) is 18.3 Å². The van der Waals surface area contributed by atoms with E-state index >= 15 is 0 Å². The van der Waals surface area contributed by atoms with E-state index in [1.165, 1.54) is 30.1 Å². The molecule has 0 aliphatic rings. The maximum Gasteiger partial charge on any atom is 0.433 e. The molecule has 1 aromatic carbocycles. The molecule has 170 valence electrons. The SMILES string of the molecule is Cn1ncc(-c2cccc(C(F)(F)F)n2)c1C(=O)Nc1ccn2cc(-c3ccccc3)nc2c1. The van der Waals surface area contributed by atoms with Crippen molar-refractivity contribution in [1.82, 2.24) is 24.1 Å². The molecule has 4 aromatic heterocycles. The summed E-state index contributed by atoms with van der Waals surface area (Å²) in [4.78, 5) is 21.4. The van der Waals surface area contributed by atoms with Crippen molar-refractivity contribution in [2.24, 2.45) is 7.05 Å². The minimum absolute atomic E-state index is 0.00397. The van der Waals surface area contributed by atoms with Crippen molar-refractivity contribution in [2.75, 3.05) is 5.32 Å². The number of rotatable bonds is 4. The molecule has 0 atom stereocenters. The maximum absolute atomic E-state index is 13.1. The van der Waals surface area contributed by atoms with E-state index in [1.807, 2.05) is 40.9 Å². The zero-order valence-corrected chi connectivity index (χ0v) is 17.8. The number of aryl methyl sites for hydroxylation is 1. The van der Waals surface area contributed by atoms with Gasteiger partial charge in [-0.25, -0.2) is 9.97 Å². The average molecular weight is 462 g/mol. The quantitative estimate of drug-likeness (QED) is 0.405. The molecule has 1 N–H and O–H groups in total. The molecular formula is C24H17F3N6O. The van der Waals surface area contributed by atoms with Crippen LogP contribution in [-0.4, -0.2) is 30.1 Å². The third-order valence-electron chi connectivity index (χ3n) is 5.26. The standard InChI is InChI=1S/C24H17F3N6O/c1-32-22(17(13-28-32)18-8-5-9-20(30-18)24(25,26)27)23(34)29-16-10-11-33-14-19(31-21(33)12-16)15-6-3-2-4-7-15/h2-14H,1H3,(H,29,34). The first-order chi connectivity index (χ1) is 16.3. The Labute approximate surface area is 191 Å². The number of anilines is 1. The molecule has 1 amide bonds. The highest BCUT2D eigenvalue weighted by Gasteiger charge is 2.33. The fraction of sp³-hybridized carbons (Fsp3) is 0.0833. The van der Waals surface area contributed by atoms with Crippen LogP contribution in [0.1, 0.15) is 16.2 Å². The summed E-state index contributed by atoms with van der Waals surface area (Å²) in [6.45, 7) is 0. The number of carbonyl (C=O) groups is 1. The second-order valence-corrected chi connectivity index (χ2v) is 7.56. The second-order valence-electron chi connectivity index (χ2n) is 7.56. The Morgan fingerprint density at radius 1 is 0.971 bits per heavy atom. The van der Waals surface area contributed by atoms with E-state index in [9.17, 15) is 18.0 Å². The van der Waals surface area contributed by atoms with Crippen molar-refractivity contribution < 1.29 is 18.0 Å². The maximum atomic E-state index is 13.1. The molecule has 0 saturated heterocycles. The number of hydrogen-bond acceptors (Lipinski definition) is 4. The number of alkyl halides is 3. The first-order valence-corrected chi connectivity index (χ1v) is 10.2. The van der Waals surface area contributed by atoms with Crippen LogP contribution in [0.25, 0.3) is 28.2 Å². The minimum Gasteiger partial charge on any atom is -0.320 e. The largest absolute Gasteiger partial charge is 0.433 e. The molecule has 34 heavy (non-hydrogen) atoms. The first-order valence-electron chi connectivity index (χ1n) is 10.2. The van der Waals surface area contributed by atoms with Crippen LogP contribution < -0.4 is 5.32 Å². The molecule has 0 aliphatic carbocycles. The van der Waals surface area contributed by atoms with E-state index in [2.05, 4.69) is 20.4 Å². The number of benzene rings is 1. The Morgan fingerprint density at radius 2 is 1.76 bits per heavy atom. The van der Waals surface area contributed by atoms with Gasteiger partial charge in [-0.3, -0.25) is 9.48 Å². The van der Waals surface area contributed by atoms with Crippen LogP contribution >= 0.6 is 0 Å². The molecule has 4 heterocycles. The summed E-state index contributed by atoms with van der Waals surface area (Å²) in [5.41, 5.74) is 2.09. The van der Waals surface area contributed by atoms with Crippen LogP contribution in [0.4, 0.5) is 18.9 Å². The van der Waals surface area contributed by atoms with Gasteiger partial charge in [-0.1, -0.05) is 36.4 Å². The molecule has 0 saturated carbocycles. The van der Waals surface area contributed by atoms with E-state index in [0.717, 1.165) is 17.3 Å². The van der Waals surface area contributed by atoms with Crippen molar-refractivity contribution in [3.05, 3.63) is 90.6 Å². The number of pyridine rings is 2. The van der Waals surface area contributed by atoms with Crippen LogP contribution in [0.15, 0.2) is 79.3 Å². The summed E-state index contributed by atoms with van der Waals surface area (Å²) in [5, 5.41) is 6.83. The number of aromatic nitrogens is 5. The molecule has 5 rings (SSSR count). The summed E-state index contributed by atoms with van der Waals surface area (Å²) in [6.07, 6.45) is 0.373. The van der Waals surface area contributed by atoms with Crippen molar-refractivity contribution in [3.63, 3.8) is 0 Å². The summed E-state index contributed by atoms with van der Waals surface area (Å²) in [7, 11) is 1.54. The molecule has 5 aromatic rings. The summed E-state index contributed by atoms with van der Waals surface area (Å²) in [6, 6.07) is 16.6. The van der Waals surface area contributed by atoms with Gasteiger partial charge in [0.25, 0.3) is 5.91 Å². The smallest absolute Gasteiger partial charge is 0.320 e. The highest BCUT2D eigenvalue weighted by atomic mass is 19.4. The average Bonchev–Trinajstić information content (AvgIpc) is 3.42. The van der Waals surface area contributed by atoms with Gasteiger partial charge in [-0.15, -0.1) is 0 Å². The third-order valence-corrected chi connectivity index (χ3v) is 5.26. The Kier molecular flexibility index (Phi) is 5.12. The predicted octanol–water partition coefficient (Wildman–Crippen LogP) is 5.07. The Hall–Kier alpha value is -4.47. The lowest BCUT2D eigenvalue weighted by atomic mass is 10.1. The molecule has 0 unspecified atom stereocenters. The molecular weight excluding hydrogens is 445 g/mol. The first kappa shape index (κ1) is 21.4. The topological polar surface area (TPSA) is 77.1 Å². The van der Waals surface area contributed by atoms with Crippen LogP contribution in [0.3, 0.4) is 0 Å². The van der Waals surface area contributed by atoms with Gasteiger partial charge in [0.2, 0.25) is 0 Å². The Morgan fingerprint density at radius 3 is 2.53 bits per heavy atom. The van der Waals surface area contributed by atoms with Gasteiger partial charge in [0.1, 0.15) is 17.0 Å². The molecule has 0 aliphatic heterocycles. The number of hydrogen-bond donors (Lipinski definition) is 1. The number of carbonyl (C=O) groups excluding carboxylic acids is 1. The monoisotopic (exact) mass is 462 g/mol. The van der Waals surface area contributed by atoms with E-state index in [-0.39, 0.29) is 17.0 Å². The lowest BCUT2D eigenvalue weighted by Gasteiger charge is -2.10. The van der Waals surface area contributed by atoms with Gasteiger partial charge < -0.3 is 9.72 Å².